The van der Waals surface area contributed by atoms with Crippen LogP contribution in [0.2, 0.25) is 0 Å². The Kier molecular flexibility index (Phi) is 5.69. The Morgan fingerprint density at radius 1 is 1.19 bits per heavy atom. The number of fused-ring (bicyclic) bond motifs is 1. The van der Waals surface area contributed by atoms with E-state index in [1.54, 1.807) is 14.1 Å². The number of ether oxygens (including phenoxy) is 1. The minimum atomic E-state index is -3.14. The predicted molar refractivity (Wildman–Crippen MR) is 101 cm³/mol. The Morgan fingerprint density at radius 2 is 1.96 bits per heavy atom. The first kappa shape index (κ1) is 19.3. The second-order valence-electron chi connectivity index (χ2n) is 7.53. The van der Waals surface area contributed by atoms with Crippen LogP contribution in [0.1, 0.15) is 42.5 Å². The lowest BCUT2D eigenvalue weighted by molar-refractivity contribution is 0.0300. The number of hydrogen-bond donors (Lipinski definition) is 0. The number of hydrogen-bond acceptors (Lipinski definition) is 5. The van der Waals surface area contributed by atoms with E-state index in [1.807, 2.05) is 24.3 Å². The number of likely N-dealkylation sites (tertiary alicyclic amines) is 1. The van der Waals surface area contributed by atoms with Gasteiger partial charge in [-0.2, -0.15) is 0 Å². The number of benzene rings is 1. The average molecular weight is 381 g/mol. The molecule has 6 nitrogen and oxygen atoms in total. The molecule has 3 rings (SSSR count). The standard InChI is InChI=1S/C19H28N2O4S/c1-20(2)26(23,24)14-6-12-21-11-5-9-19(10-13-21)15-17(22)16-7-3-4-8-18(16)25-19/h3-4,7-8H,5-6,9-15H2,1-2H3. The summed E-state index contributed by atoms with van der Waals surface area (Å²) in [5.74, 6) is 1.04. The molecule has 7 heteroatoms. The molecule has 0 bridgehead atoms. The summed E-state index contributed by atoms with van der Waals surface area (Å²) in [7, 11) is 0.000931. The lowest BCUT2D eigenvalue weighted by Crippen LogP contribution is -2.43. The number of carbonyl (C=O) groups excluding carboxylic acids is 1. The molecular formula is C19H28N2O4S. The number of sulfonamides is 1. The van der Waals surface area contributed by atoms with Crippen LogP contribution in [-0.2, 0) is 10.0 Å². The van der Waals surface area contributed by atoms with E-state index in [1.165, 1.54) is 4.31 Å². The van der Waals surface area contributed by atoms with Crippen LogP contribution >= 0.6 is 0 Å². The van der Waals surface area contributed by atoms with Gasteiger partial charge in [-0.15, -0.1) is 0 Å². The average Bonchev–Trinajstić information content (AvgIpc) is 2.77. The molecule has 0 amide bonds. The fourth-order valence-electron chi connectivity index (χ4n) is 3.82. The van der Waals surface area contributed by atoms with Crippen LogP contribution in [-0.4, -0.2) is 68.5 Å². The number of rotatable bonds is 5. The normalized spacial score (nSPS) is 24.3. The molecule has 26 heavy (non-hydrogen) atoms. The van der Waals surface area contributed by atoms with Gasteiger partial charge in [-0.3, -0.25) is 4.79 Å². The summed E-state index contributed by atoms with van der Waals surface area (Å²) < 4.78 is 31.4. The third-order valence-electron chi connectivity index (χ3n) is 5.42. The summed E-state index contributed by atoms with van der Waals surface area (Å²) in [5, 5.41) is 0. The van der Waals surface area contributed by atoms with Gasteiger partial charge in [0.25, 0.3) is 0 Å². The molecule has 1 spiro atoms. The first-order valence-electron chi connectivity index (χ1n) is 9.25. The zero-order valence-electron chi connectivity index (χ0n) is 15.6. The number of nitrogens with zero attached hydrogens (tertiary/aromatic N) is 2. The minimum Gasteiger partial charge on any atom is -0.486 e. The number of para-hydroxylation sites is 1. The highest BCUT2D eigenvalue weighted by atomic mass is 32.2. The Morgan fingerprint density at radius 3 is 2.73 bits per heavy atom. The van der Waals surface area contributed by atoms with Crippen molar-refractivity contribution >= 4 is 15.8 Å². The molecule has 1 aromatic carbocycles. The SMILES string of the molecule is CN(C)S(=O)(=O)CCCN1CCCC2(CC1)CC(=O)c1ccccc1O2. The lowest BCUT2D eigenvalue weighted by Gasteiger charge is -2.37. The van der Waals surface area contributed by atoms with Crippen molar-refractivity contribution in [2.24, 2.45) is 0 Å². The second kappa shape index (κ2) is 7.66. The first-order valence-corrected chi connectivity index (χ1v) is 10.9. The van der Waals surface area contributed by atoms with Gasteiger partial charge in [0.05, 0.1) is 17.7 Å². The van der Waals surface area contributed by atoms with E-state index in [-0.39, 0.29) is 11.5 Å². The van der Waals surface area contributed by atoms with Gasteiger partial charge < -0.3 is 9.64 Å². The Hall–Kier alpha value is -1.44. The molecule has 0 aliphatic carbocycles. The topological polar surface area (TPSA) is 66.9 Å². The molecular weight excluding hydrogens is 352 g/mol. The van der Waals surface area contributed by atoms with E-state index < -0.39 is 15.6 Å². The third kappa shape index (κ3) is 4.27. The molecule has 2 heterocycles. The summed E-state index contributed by atoms with van der Waals surface area (Å²) in [6.45, 7) is 2.51. The summed E-state index contributed by atoms with van der Waals surface area (Å²) in [6.07, 6.45) is 3.67. The molecule has 144 valence electrons. The van der Waals surface area contributed by atoms with Crippen LogP contribution in [0.15, 0.2) is 24.3 Å². The molecule has 1 aromatic rings. The summed E-state index contributed by atoms with van der Waals surface area (Å²) in [6, 6.07) is 7.48. The highest BCUT2D eigenvalue weighted by Gasteiger charge is 2.41. The first-order chi connectivity index (χ1) is 12.3. The molecule has 1 fully saturated rings. The van der Waals surface area contributed by atoms with E-state index in [0.717, 1.165) is 38.9 Å². The van der Waals surface area contributed by atoms with Crippen molar-refractivity contribution in [3.63, 3.8) is 0 Å². The number of carbonyl (C=O) groups is 1. The van der Waals surface area contributed by atoms with Crippen LogP contribution in [0.5, 0.6) is 5.75 Å². The molecule has 0 N–H and O–H groups in total. The molecule has 2 aliphatic heterocycles. The van der Waals surface area contributed by atoms with E-state index in [0.29, 0.717) is 24.2 Å². The van der Waals surface area contributed by atoms with Crippen molar-refractivity contribution in [3.8, 4) is 5.75 Å². The highest BCUT2D eigenvalue weighted by Crippen LogP contribution is 2.39. The Balaban J connectivity index is 1.58. The van der Waals surface area contributed by atoms with E-state index >= 15 is 0 Å². The molecule has 1 unspecified atom stereocenters. The van der Waals surface area contributed by atoms with Crippen molar-refractivity contribution < 1.29 is 17.9 Å². The minimum absolute atomic E-state index is 0.164. The van der Waals surface area contributed by atoms with Gasteiger partial charge in [0.2, 0.25) is 10.0 Å². The van der Waals surface area contributed by atoms with Crippen LogP contribution < -0.4 is 4.74 Å². The van der Waals surface area contributed by atoms with E-state index in [2.05, 4.69) is 4.90 Å². The van der Waals surface area contributed by atoms with Gasteiger partial charge in [-0.05, 0) is 44.5 Å². The fourth-order valence-corrected chi connectivity index (χ4v) is 4.68. The second-order valence-corrected chi connectivity index (χ2v) is 9.83. The van der Waals surface area contributed by atoms with Crippen molar-refractivity contribution in [2.45, 2.75) is 37.7 Å². The van der Waals surface area contributed by atoms with Gasteiger partial charge in [0.1, 0.15) is 11.4 Å². The molecule has 2 aliphatic rings. The highest BCUT2D eigenvalue weighted by molar-refractivity contribution is 7.89. The van der Waals surface area contributed by atoms with Gasteiger partial charge in [0, 0.05) is 27.1 Å². The summed E-state index contributed by atoms with van der Waals surface area (Å²) in [5.41, 5.74) is 0.281. The van der Waals surface area contributed by atoms with Gasteiger partial charge >= 0.3 is 0 Å². The summed E-state index contributed by atoms with van der Waals surface area (Å²) in [4.78, 5) is 14.8. The van der Waals surface area contributed by atoms with Crippen molar-refractivity contribution in [2.75, 3.05) is 39.5 Å². The van der Waals surface area contributed by atoms with E-state index in [4.69, 9.17) is 4.74 Å². The number of ketones is 1. The maximum Gasteiger partial charge on any atom is 0.213 e. The van der Waals surface area contributed by atoms with Crippen molar-refractivity contribution in [1.82, 2.24) is 9.21 Å². The smallest absolute Gasteiger partial charge is 0.213 e. The van der Waals surface area contributed by atoms with Crippen LogP contribution in [0.4, 0.5) is 0 Å². The lowest BCUT2D eigenvalue weighted by atomic mass is 9.84. The fraction of sp³-hybridized carbons (Fsp3) is 0.632. The third-order valence-corrected chi connectivity index (χ3v) is 7.34. The Bertz CT molecular complexity index is 763. The number of Topliss-reactive ketones (excluding diaryl/α,β-unsaturated/α-hetero) is 1. The van der Waals surface area contributed by atoms with Gasteiger partial charge in [0.15, 0.2) is 5.78 Å². The zero-order chi connectivity index (χ0) is 18.8. The van der Waals surface area contributed by atoms with Crippen LogP contribution in [0.25, 0.3) is 0 Å². The molecule has 0 saturated carbocycles. The molecule has 1 atom stereocenters. The summed E-state index contributed by atoms with van der Waals surface area (Å²) >= 11 is 0. The van der Waals surface area contributed by atoms with Gasteiger partial charge in [-0.25, -0.2) is 12.7 Å². The quantitative estimate of drug-likeness (QED) is 0.783. The van der Waals surface area contributed by atoms with Crippen LogP contribution in [0.3, 0.4) is 0 Å². The molecule has 0 radical (unpaired) electrons. The zero-order valence-corrected chi connectivity index (χ0v) is 16.4. The Labute approximate surface area is 156 Å². The maximum absolute atomic E-state index is 12.5. The van der Waals surface area contributed by atoms with Crippen molar-refractivity contribution in [3.05, 3.63) is 29.8 Å². The largest absolute Gasteiger partial charge is 0.486 e. The molecule has 1 saturated heterocycles. The maximum atomic E-state index is 12.5. The van der Waals surface area contributed by atoms with Crippen molar-refractivity contribution in [1.29, 1.82) is 0 Å². The van der Waals surface area contributed by atoms with E-state index in [9.17, 15) is 13.2 Å². The molecule has 0 aromatic heterocycles. The monoisotopic (exact) mass is 380 g/mol. The predicted octanol–water partition coefficient (Wildman–Crippen LogP) is 2.16. The van der Waals surface area contributed by atoms with Crippen LogP contribution in [0, 0.1) is 0 Å². The van der Waals surface area contributed by atoms with Gasteiger partial charge in [-0.1, -0.05) is 12.1 Å².